The Morgan fingerprint density at radius 2 is 1.89 bits per heavy atom. The van der Waals surface area contributed by atoms with Gasteiger partial charge in [-0.2, -0.15) is 0 Å². The van der Waals surface area contributed by atoms with Crippen molar-refractivity contribution in [1.82, 2.24) is 0 Å². The Kier molecular flexibility index (Phi) is 4.50. The van der Waals surface area contributed by atoms with Crippen molar-refractivity contribution in [2.75, 3.05) is 0 Å². The molecule has 18 heavy (non-hydrogen) atoms. The fraction of sp³-hybridized carbons (Fsp3) is 0.625. The fourth-order valence-electron chi connectivity index (χ4n) is 3.18. The van der Waals surface area contributed by atoms with E-state index in [1.54, 1.807) is 0 Å². The topological polar surface area (TPSA) is 9.23 Å². The number of hydrogen-bond donors (Lipinski definition) is 0. The Hall–Kier alpha value is -0.340. The molecular weight excluding hydrogens is 288 g/mol. The second kappa shape index (κ2) is 5.75. The first kappa shape index (κ1) is 14.1. The van der Waals surface area contributed by atoms with Gasteiger partial charge in [0.2, 0.25) is 0 Å². The minimum Gasteiger partial charge on any atom is -0.374 e. The summed E-state index contributed by atoms with van der Waals surface area (Å²) in [5.74, 6) is 0.781. The Bertz CT molecular complexity index is 383. The van der Waals surface area contributed by atoms with Crippen LogP contribution in [0.1, 0.15) is 45.6 Å². The number of ether oxygens (including phenoxy) is 1. The number of benzene rings is 1. The molecule has 0 amide bonds. The molecule has 2 heteroatoms. The normalized spacial score (nSPS) is 27.1. The van der Waals surface area contributed by atoms with Gasteiger partial charge >= 0.3 is 0 Å². The summed E-state index contributed by atoms with van der Waals surface area (Å²) in [6, 6.07) is 8.40. The first-order valence-corrected chi connectivity index (χ1v) is 7.60. The minimum absolute atomic E-state index is 0.424. The smallest absolute Gasteiger partial charge is 0.0720 e. The molecule has 0 saturated heterocycles. The van der Waals surface area contributed by atoms with Gasteiger partial charge in [-0.25, -0.2) is 0 Å². The molecule has 0 N–H and O–H groups in total. The molecule has 1 aromatic carbocycles. The zero-order valence-corrected chi connectivity index (χ0v) is 13.2. The van der Waals surface area contributed by atoms with Crippen LogP contribution in [0.5, 0.6) is 0 Å². The monoisotopic (exact) mass is 310 g/mol. The third kappa shape index (κ3) is 4.10. The molecule has 100 valence electrons. The zero-order chi connectivity index (χ0) is 13.2. The molecule has 1 fully saturated rings. The summed E-state index contributed by atoms with van der Waals surface area (Å²) < 4.78 is 7.22. The van der Waals surface area contributed by atoms with E-state index in [0.717, 1.165) is 17.0 Å². The van der Waals surface area contributed by atoms with Gasteiger partial charge in [-0.1, -0.05) is 48.8 Å². The maximum absolute atomic E-state index is 6.10. The predicted molar refractivity (Wildman–Crippen MR) is 79.5 cm³/mol. The Morgan fingerprint density at radius 3 is 2.50 bits per heavy atom. The molecule has 0 aliphatic heterocycles. The van der Waals surface area contributed by atoms with E-state index in [0.29, 0.717) is 11.5 Å². The second-order valence-electron chi connectivity index (χ2n) is 6.47. The van der Waals surface area contributed by atoms with E-state index in [2.05, 4.69) is 61.0 Å². The predicted octanol–water partition coefficient (Wildman–Crippen LogP) is 5.18. The summed E-state index contributed by atoms with van der Waals surface area (Å²) in [7, 11) is 0. The Labute approximate surface area is 119 Å². The molecule has 2 atom stereocenters. The van der Waals surface area contributed by atoms with Crippen LogP contribution in [0.4, 0.5) is 0 Å². The first-order valence-electron chi connectivity index (χ1n) is 6.81. The fourth-order valence-corrected chi connectivity index (χ4v) is 3.44. The Morgan fingerprint density at radius 1 is 1.22 bits per heavy atom. The molecule has 1 aromatic rings. The van der Waals surface area contributed by atoms with E-state index in [-0.39, 0.29) is 0 Å². The van der Waals surface area contributed by atoms with Gasteiger partial charge in [-0.05, 0) is 48.3 Å². The van der Waals surface area contributed by atoms with Gasteiger partial charge in [0.15, 0.2) is 0 Å². The molecule has 0 aromatic heterocycles. The molecule has 2 rings (SSSR count). The highest BCUT2D eigenvalue weighted by molar-refractivity contribution is 9.10. The van der Waals surface area contributed by atoms with Crippen LogP contribution in [-0.2, 0) is 11.3 Å². The number of hydrogen-bond acceptors (Lipinski definition) is 1. The average molecular weight is 311 g/mol. The van der Waals surface area contributed by atoms with Gasteiger partial charge in [-0.3, -0.25) is 0 Å². The molecule has 1 aliphatic carbocycles. The molecule has 0 radical (unpaired) electrons. The van der Waals surface area contributed by atoms with Crippen molar-refractivity contribution in [3.63, 3.8) is 0 Å². The molecule has 1 nitrogen and oxygen atoms in total. The quantitative estimate of drug-likeness (QED) is 0.747. The third-order valence-electron chi connectivity index (χ3n) is 3.75. The Balaban J connectivity index is 1.88. The van der Waals surface area contributed by atoms with Crippen molar-refractivity contribution >= 4 is 15.9 Å². The van der Waals surface area contributed by atoms with Crippen molar-refractivity contribution < 1.29 is 4.74 Å². The molecular formula is C16H23BrO. The van der Waals surface area contributed by atoms with Crippen LogP contribution >= 0.6 is 15.9 Å². The van der Waals surface area contributed by atoms with Gasteiger partial charge in [0.1, 0.15) is 0 Å². The van der Waals surface area contributed by atoms with Crippen molar-refractivity contribution in [2.45, 2.75) is 52.7 Å². The minimum atomic E-state index is 0.424. The van der Waals surface area contributed by atoms with Crippen molar-refractivity contribution in [2.24, 2.45) is 11.3 Å². The third-order valence-corrected chi connectivity index (χ3v) is 4.27. The number of halogens is 1. The van der Waals surface area contributed by atoms with Gasteiger partial charge < -0.3 is 4.74 Å². The summed E-state index contributed by atoms with van der Waals surface area (Å²) in [5, 5.41) is 0. The van der Waals surface area contributed by atoms with E-state index in [1.807, 2.05) is 0 Å². The van der Waals surface area contributed by atoms with Gasteiger partial charge in [-0.15, -0.1) is 0 Å². The van der Waals surface area contributed by atoms with Crippen molar-refractivity contribution in [1.29, 1.82) is 0 Å². The lowest BCUT2D eigenvalue weighted by Crippen LogP contribution is -2.32. The highest BCUT2D eigenvalue weighted by Crippen LogP contribution is 2.39. The van der Waals surface area contributed by atoms with Crippen molar-refractivity contribution in [3.05, 3.63) is 34.3 Å². The second-order valence-corrected chi connectivity index (χ2v) is 7.39. The standard InChI is InChI=1S/C16H23BrO/c1-12-8-15(10-16(2,3)9-12)18-11-13-4-6-14(17)7-5-13/h4-7,12,15H,8-11H2,1-3H3. The van der Waals surface area contributed by atoms with Crippen LogP contribution in [0, 0.1) is 11.3 Å². The van der Waals surface area contributed by atoms with E-state index in [9.17, 15) is 0 Å². The highest BCUT2D eigenvalue weighted by atomic mass is 79.9. The lowest BCUT2D eigenvalue weighted by molar-refractivity contribution is -0.0316. The van der Waals surface area contributed by atoms with Crippen molar-refractivity contribution in [3.8, 4) is 0 Å². The molecule has 0 bridgehead atoms. The van der Waals surface area contributed by atoms with E-state index in [1.165, 1.54) is 24.8 Å². The molecule has 0 spiro atoms. The molecule has 0 heterocycles. The first-order chi connectivity index (χ1) is 8.44. The van der Waals surface area contributed by atoms with Crippen LogP contribution in [0.2, 0.25) is 0 Å². The van der Waals surface area contributed by atoms with Crippen LogP contribution in [0.3, 0.4) is 0 Å². The lowest BCUT2D eigenvalue weighted by atomic mass is 9.71. The van der Waals surface area contributed by atoms with Crippen LogP contribution in [0.15, 0.2) is 28.7 Å². The van der Waals surface area contributed by atoms with Crippen LogP contribution < -0.4 is 0 Å². The summed E-state index contributed by atoms with van der Waals surface area (Å²) >= 11 is 3.46. The van der Waals surface area contributed by atoms with Gasteiger partial charge in [0, 0.05) is 4.47 Å². The van der Waals surface area contributed by atoms with Crippen LogP contribution in [-0.4, -0.2) is 6.10 Å². The van der Waals surface area contributed by atoms with Gasteiger partial charge in [0.05, 0.1) is 12.7 Å². The summed E-state index contributed by atoms with van der Waals surface area (Å²) in [6.45, 7) is 7.80. The summed E-state index contributed by atoms with van der Waals surface area (Å²) in [4.78, 5) is 0. The zero-order valence-electron chi connectivity index (χ0n) is 11.6. The van der Waals surface area contributed by atoms with E-state index in [4.69, 9.17) is 4.74 Å². The van der Waals surface area contributed by atoms with E-state index >= 15 is 0 Å². The molecule has 1 aliphatic rings. The maximum atomic E-state index is 6.10. The largest absolute Gasteiger partial charge is 0.374 e. The lowest BCUT2D eigenvalue weighted by Gasteiger charge is -2.38. The highest BCUT2D eigenvalue weighted by Gasteiger charge is 2.32. The number of rotatable bonds is 3. The molecule has 2 unspecified atom stereocenters. The molecule has 1 saturated carbocycles. The summed E-state index contributed by atoms with van der Waals surface area (Å²) in [5.41, 5.74) is 1.69. The van der Waals surface area contributed by atoms with Crippen LogP contribution in [0.25, 0.3) is 0 Å². The van der Waals surface area contributed by atoms with E-state index < -0.39 is 0 Å². The van der Waals surface area contributed by atoms with Gasteiger partial charge in [0.25, 0.3) is 0 Å². The maximum Gasteiger partial charge on any atom is 0.0720 e. The SMILES string of the molecule is CC1CC(OCc2ccc(Br)cc2)CC(C)(C)C1. The average Bonchev–Trinajstić information content (AvgIpc) is 2.25. The summed E-state index contributed by atoms with van der Waals surface area (Å²) in [6.07, 6.45) is 4.14.